The van der Waals surface area contributed by atoms with Gasteiger partial charge in [0.25, 0.3) is 0 Å². The van der Waals surface area contributed by atoms with E-state index in [1.165, 1.54) is 11.3 Å². The van der Waals surface area contributed by atoms with Crippen molar-refractivity contribution >= 4 is 22.5 Å². The van der Waals surface area contributed by atoms with Crippen molar-refractivity contribution in [1.82, 2.24) is 9.38 Å². The molecule has 50 valence electrons. The highest BCUT2D eigenvalue weighted by atomic mass is 32.1. The Bertz CT molecular complexity index is 334. The Morgan fingerprint density at radius 3 is 3.30 bits per heavy atom. The molecule has 0 spiro atoms. The normalized spacial score (nSPS) is 10.4. The summed E-state index contributed by atoms with van der Waals surface area (Å²) < 4.78 is 1.83. The molecule has 4 heteroatoms. The van der Waals surface area contributed by atoms with Crippen LogP contribution in [0.4, 0.5) is 0 Å². The van der Waals surface area contributed by atoms with E-state index >= 15 is 0 Å². The third-order valence-electron chi connectivity index (χ3n) is 1.24. The Kier molecular flexibility index (Phi) is 1.07. The van der Waals surface area contributed by atoms with Crippen LogP contribution in [0.5, 0.6) is 0 Å². The van der Waals surface area contributed by atoms with Gasteiger partial charge in [-0.15, -0.1) is 11.3 Å². The van der Waals surface area contributed by atoms with Gasteiger partial charge in [0, 0.05) is 6.20 Å². The largest absolute Gasteiger partial charge is 0.297 e. The molecule has 0 aliphatic carbocycles. The van der Waals surface area contributed by atoms with E-state index in [1.807, 2.05) is 4.40 Å². The molecule has 2 aromatic rings. The Morgan fingerprint density at radius 1 is 1.70 bits per heavy atom. The van der Waals surface area contributed by atoms with Gasteiger partial charge in [-0.3, -0.25) is 9.20 Å². The number of carbonyl (C=O) groups excluding carboxylic acids is 1. The zero-order valence-electron chi connectivity index (χ0n) is 5.02. The molecule has 10 heavy (non-hydrogen) atoms. The van der Waals surface area contributed by atoms with E-state index in [0.29, 0.717) is 0 Å². The third-order valence-corrected chi connectivity index (χ3v) is 2.20. The zero-order chi connectivity index (χ0) is 6.97. The van der Waals surface area contributed by atoms with E-state index in [9.17, 15) is 4.79 Å². The van der Waals surface area contributed by atoms with Gasteiger partial charge in [-0.25, -0.2) is 4.98 Å². The SMILES string of the molecule is O=Cc1cn2cncc2s1. The van der Waals surface area contributed by atoms with Crippen molar-refractivity contribution in [2.45, 2.75) is 0 Å². The topological polar surface area (TPSA) is 34.4 Å². The number of hydrogen-bond donors (Lipinski definition) is 0. The first-order chi connectivity index (χ1) is 4.90. The lowest BCUT2D eigenvalue weighted by Gasteiger charge is -1.72. The molecule has 3 nitrogen and oxygen atoms in total. The molecule has 0 saturated carbocycles. The molecule has 0 aliphatic rings. The third kappa shape index (κ3) is 0.657. The summed E-state index contributed by atoms with van der Waals surface area (Å²) in [5, 5.41) is 0. The maximum Gasteiger partial charge on any atom is 0.161 e. The summed E-state index contributed by atoms with van der Waals surface area (Å²) in [5.74, 6) is 0. The van der Waals surface area contributed by atoms with Crippen LogP contribution in [0.15, 0.2) is 18.7 Å². The first-order valence-electron chi connectivity index (χ1n) is 2.77. The summed E-state index contributed by atoms with van der Waals surface area (Å²) >= 11 is 1.44. The molecule has 0 N–H and O–H groups in total. The van der Waals surface area contributed by atoms with E-state index in [0.717, 1.165) is 16.0 Å². The monoisotopic (exact) mass is 152 g/mol. The maximum absolute atomic E-state index is 10.3. The number of thiazole rings is 1. The summed E-state index contributed by atoms with van der Waals surface area (Å²) in [7, 11) is 0. The first-order valence-corrected chi connectivity index (χ1v) is 3.58. The van der Waals surface area contributed by atoms with E-state index in [2.05, 4.69) is 4.98 Å². The molecule has 0 fully saturated rings. The average Bonchev–Trinajstić information content (AvgIpc) is 2.42. The van der Waals surface area contributed by atoms with Crippen LogP contribution in [0.1, 0.15) is 9.67 Å². The fraction of sp³-hybridized carbons (Fsp3) is 0. The summed E-state index contributed by atoms with van der Waals surface area (Å²) in [5.41, 5.74) is 0. The second kappa shape index (κ2) is 1.91. The molecule has 0 aromatic carbocycles. The lowest BCUT2D eigenvalue weighted by molar-refractivity contribution is 0.112. The molecule has 0 bridgehead atoms. The second-order valence-electron chi connectivity index (χ2n) is 1.89. The Labute approximate surface area is 60.9 Å². The highest BCUT2D eigenvalue weighted by Gasteiger charge is 1.97. The van der Waals surface area contributed by atoms with Gasteiger partial charge in [0.2, 0.25) is 0 Å². The summed E-state index contributed by atoms with van der Waals surface area (Å²) in [6, 6.07) is 0. The lowest BCUT2D eigenvalue weighted by atomic mass is 10.6. The molecular formula is C6H4N2OS. The predicted octanol–water partition coefficient (Wildman–Crippen LogP) is 1.21. The molecule has 0 amide bonds. The van der Waals surface area contributed by atoms with Crippen molar-refractivity contribution in [3.8, 4) is 0 Å². The van der Waals surface area contributed by atoms with Gasteiger partial charge in [0.1, 0.15) is 4.83 Å². The lowest BCUT2D eigenvalue weighted by Crippen LogP contribution is -1.71. The van der Waals surface area contributed by atoms with Crippen LogP contribution >= 0.6 is 11.3 Å². The van der Waals surface area contributed by atoms with Gasteiger partial charge in [-0.1, -0.05) is 0 Å². The number of aldehydes is 1. The quantitative estimate of drug-likeness (QED) is 0.575. The first kappa shape index (κ1) is 5.61. The van der Waals surface area contributed by atoms with Crippen LogP contribution < -0.4 is 0 Å². The van der Waals surface area contributed by atoms with E-state index < -0.39 is 0 Å². The number of aromatic nitrogens is 2. The minimum atomic E-state index is 0.734. The number of carbonyl (C=O) groups is 1. The standard InChI is InChI=1S/C6H4N2OS/c9-3-5-2-8-4-7-1-6(8)10-5/h1-4H. The number of rotatable bonds is 1. The van der Waals surface area contributed by atoms with Gasteiger partial charge < -0.3 is 0 Å². The summed E-state index contributed by atoms with van der Waals surface area (Å²) in [6.45, 7) is 0. The van der Waals surface area contributed by atoms with Gasteiger partial charge in [0.15, 0.2) is 6.29 Å². The number of nitrogens with zero attached hydrogens (tertiary/aromatic N) is 2. The molecule has 0 saturated heterocycles. The van der Waals surface area contributed by atoms with Crippen molar-refractivity contribution in [1.29, 1.82) is 0 Å². The Balaban J connectivity index is 2.78. The molecule has 2 rings (SSSR count). The molecule has 0 radical (unpaired) electrons. The van der Waals surface area contributed by atoms with Gasteiger partial charge >= 0.3 is 0 Å². The highest BCUT2D eigenvalue weighted by Crippen LogP contribution is 2.14. The molecule has 0 atom stereocenters. The molecule has 0 unspecified atom stereocenters. The van der Waals surface area contributed by atoms with Crippen LogP contribution in [-0.4, -0.2) is 15.7 Å². The molecule has 2 aromatic heterocycles. The predicted molar refractivity (Wildman–Crippen MR) is 38.5 cm³/mol. The minimum absolute atomic E-state index is 0.734. The average molecular weight is 152 g/mol. The van der Waals surface area contributed by atoms with Crippen LogP contribution in [0.2, 0.25) is 0 Å². The van der Waals surface area contributed by atoms with Crippen LogP contribution in [0.3, 0.4) is 0 Å². The smallest absolute Gasteiger partial charge is 0.161 e. The van der Waals surface area contributed by atoms with Gasteiger partial charge in [-0.05, 0) is 0 Å². The molecule has 0 aliphatic heterocycles. The van der Waals surface area contributed by atoms with Crippen LogP contribution in [0.25, 0.3) is 4.83 Å². The van der Waals surface area contributed by atoms with Gasteiger partial charge in [0.05, 0.1) is 17.4 Å². The van der Waals surface area contributed by atoms with Crippen molar-refractivity contribution in [2.75, 3.05) is 0 Å². The fourth-order valence-electron chi connectivity index (χ4n) is 0.807. The summed E-state index contributed by atoms with van der Waals surface area (Å²) in [4.78, 5) is 15.9. The van der Waals surface area contributed by atoms with E-state index in [4.69, 9.17) is 0 Å². The number of fused-ring (bicyclic) bond motifs is 1. The molecular weight excluding hydrogens is 148 g/mol. The highest BCUT2D eigenvalue weighted by molar-refractivity contribution is 7.18. The fourth-order valence-corrected chi connectivity index (χ4v) is 1.58. The maximum atomic E-state index is 10.3. The van der Waals surface area contributed by atoms with Crippen molar-refractivity contribution in [3.63, 3.8) is 0 Å². The van der Waals surface area contributed by atoms with Crippen LogP contribution in [-0.2, 0) is 0 Å². The number of imidazole rings is 1. The second-order valence-corrected chi connectivity index (χ2v) is 2.98. The zero-order valence-corrected chi connectivity index (χ0v) is 5.84. The van der Waals surface area contributed by atoms with Crippen molar-refractivity contribution in [3.05, 3.63) is 23.6 Å². The Morgan fingerprint density at radius 2 is 2.60 bits per heavy atom. The van der Waals surface area contributed by atoms with Gasteiger partial charge in [-0.2, -0.15) is 0 Å². The minimum Gasteiger partial charge on any atom is -0.297 e. The Hall–Kier alpha value is -1.16. The number of hydrogen-bond acceptors (Lipinski definition) is 3. The van der Waals surface area contributed by atoms with Crippen molar-refractivity contribution in [2.24, 2.45) is 0 Å². The summed E-state index contributed by atoms with van der Waals surface area (Å²) in [6.07, 6.45) is 6.02. The van der Waals surface area contributed by atoms with E-state index in [1.54, 1.807) is 18.7 Å². The van der Waals surface area contributed by atoms with E-state index in [-0.39, 0.29) is 0 Å². The van der Waals surface area contributed by atoms with Crippen LogP contribution in [0, 0.1) is 0 Å². The van der Waals surface area contributed by atoms with Crippen molar-refractivity contribution < 1.29 is 4.79 Å². The molecule has 2 heterocycles.